The molecule has 15 heavy (non-hydrogen) atoms. The molecule has 1 aromatic rings. The van der Waals surface area contributed by atoms with Gasteiger partial charge in [-0.1, -0.05) is 0 Å². The summed E-state index contributed by atoms with van der Waals surface area (Å²) < 4.78 is 5.18. The molecular formula is C11H17NO2S. The first kappa shape index (κ1) is 12.2. The summed E-state index contributed by atoms with van der Waals surface area (Å²) in [5.74, 6) is -0.0351. The molecule has 1 rings (SSSR count). The first-order chi connectivity index (χ1) is 7.24. The van der Waals surface area contributed by atoms with Crippen molar-refractivity contribution in [1.82, 2.24) is 5.32 Å². The lowest BCUT2D eigenvalue weighted by atomic mass is 10.2. The molecule has 1 amide bonds. The number of rotatable bonds is 6. The molecule has 0 saturated heterocycles. The Kier molecular flexibility index (Phi) is 5.36. The Morgan fingerprint density at radius 3 is 3.07 bits per heavy atom. The van der Waals surface area contributed by atoms with Gasteiger partial charge in [-0.25, -0.2) is 0 Å². The maximum atomic E-state index is 11.4. The number of hydrogen-bond donors (Lipinski definition) is 1. The van der Waals surface area contributed by atoms with Crippen LogP contribution in [0.4, 0.5) is 0 Å². The van der Waals surface area contributed by atoms with Gasteiger partial charge >= 0.3 is 0 Å². The van der Waals surface area contributed by atoms with Gasteiger partial charge in [0, 0.05) is 13.2 Å². The fourth-order valence-electron chi connectivity index (χ4n) is 1.23. The van der Waals surface area contributed by atoms with Crippen molar-refractivity contribution in [2.24, 2.45) is 0 Å². The highest BCUT2D eigenvalue weighted by Crippen LogP contribution is 2.05. The van der Waals surface area contributed by atoms with E-state index in [1.54, 1.807) is 18.3 Å². The molecular weight excluding hydrogens is 210 g/mol. The lowest BCUT2D eigenvalue weighted by Crippen LogP contribution is -2.35. The normalized spacial score (nSPS) is 12.4. The van der Waals surface area contributed by atoms with E-state index < -0.39 is 0 Å². The maximum absolute atomic E-state index is 11.4. The summed E-state index contributed by atoms with van der Waals surface area (Å²) in [5.41, 5.74) is 1.27. The summed E-state index contributed by atoms with van der Waals surface area (Å²) in [4.78, 5) is 11.4. The molecule has 1 N–H and O–H groups in total. The summed E-state index contributed by atoms with van der Waals surface area (Å²) in [6.07, 6.45) is 0.533. The zero-order chi connectivity index (χ0) is 11.1. The van der Waals surface area contributed by atoms with Crippen molar-refractivity contribution in [3.63, 3.8) is 0 Å². The van der Waals surface area contributed by atoms with Gasteiger partial charge in [0.15, 0.2) is 0 Å². The molecule has 4 heteroatoms. The van der Waals surface area contributed by atoms with Crippen molar-refractivity contribution in [3.05, 3.63) is 22.4 Å². The number of amides is 1. The highest BCUT2D eigenvalue weighted by Gasteiger charge is 2.10. The third kappa shape index (κ3) is 4.44. The molecule has 0 aliphatic carbocycles. The molecule has 0 saturated carbocycles. The average Bonchev–Trinajstić information content (AvgIpc) is 2.71. The van der Waals surface area contributed by atoms with Crippen molar-refractivity contribution in [1.29, 1.82) is 0 Å². The summed E-state index contributed by atoms with van der Waals surface area (Å²) in [6.45, 7) is 4.89. The van der Waals surface area contributed by atoms with E-state index in [0.29, 0.717) is 13.2 Å². The third-order valence-corrected chi connectivity index (χ3v) is 2.81. The van der Waals surface area contributed by atoms with E-state index in [4.69, 9.17) is 4.74 Å². The van der Waals surface area contributed by atoms with E-state index in [1.807, 2.05) is 12.3 Å². The zero-order valence-corrected chi connectivity index (χ0v) is 9.97. The van der Waals surface area contributed by atoms with Crippen LogP contribution in [-0.2, 0) is 16.0 Å². The molecule has 0 radical (unpaired) electrons. The van der Waals surface area contributed by atoms with Crippen LogP contribution < -0.4 is 5.32 Å². The smallest absolute Gasteiger partial charge is 0.248 e. The Morgan fingerprint density at radius 2 is 2.47 bits per heavy atom. The Morgan fingerprint density at radius 1 is 1.67 bits per heavy atom. The second kappa shape index (κ2) is 6.58. The van der Waals surface area contributed by atoms with Gasteiger partial charge in [-0.2, -0.15) is 11.3 Å². The van der Waals surface area contributed by atoms with Crippen LogP contribution in [0.3, 0.4) is 0 Å². The number of ether oxygens (including phenoxy) is 1. The van der Waals surface area contributed by atoms with Crippen molar-refractivity contribution >= 4 is 17.2 Å². The van der Waals surface area contributed by atoms with Crippen LogP contribution in [-0.4, -0.2) is 25.2 Å². The molecule has 0 aromatic carbocycles. The largest absolute Gasteiger partial charge is 0.369 e. The van der Waals surface area contributed by atoms with Gasteiger partial charge in [0.2, 0.25) is 5.91 Å². The minimum atomic E-state index is -0.350. The molecule has 0 bridgehead atoms. The summed E-state index contributed by atoms with van der Waals surface area (Å²) in [5, 5.41) is 6.98. The van der Waals surface area contributed by atoms with Crippen molar-refractivity contribution in [2.45, 2.75) is 26.4 Å². The average molecular weight is 227 g/mol. The SMILES string of the molecule is CCO[C@H](C)C(=O)NCCc1ccsc1. The van der Waals surface area contributed by atoms with Crippen LogP contribution in [0, 0.1) is 0 Å². The Labute approximate surface area is 94.5 Å². The van der Waals surface area contributed by atoms with Crippen molar-refractivity contribution in [3.8, 4) is 0 Å². The van der Waals surface area contributed by atoms with E-state index in [-0.39, 0.29) is 12.0 Å². The van der Waals surface area contributed by atoms with Crippen molar-refractivity contribution < 1.29 is 9.53 Å². The molecule has 1 aromatic heterocycles. The van der Waals surface area contributed by atoms with Gasteiger partial charge in [-0.3, -0.25) is 4.79 Å². The number of hydrogen-bond acceptors (Lipinski definition) is 3. The molecule has 84 valence electrons. The Balaban J connectivity index is 2.17. The van der Waals surface area contributed by atoms with Crippen LogP contribution in [0.1, 0.15) is 19.4 Å². The Bertz CT molecular complexity index is 285. The quantitative estimate of drug-likeness (QED) is 0.805. The van der Waals surface area contributed by atoms with Gasteiger partial charge in [-0.15, -0.1) is 0 Å². The number of nitrogens with one attached hydrogen (secondary N) is 1. The monoisotopic (exact) mass is 227 g/mol. The Hall–Kier alpha value is -0.870. The number of thiophene rings is 1. The molecule has 0 aliphatic rings. The topological polar surface area (TPSA) is 38.3 Å². The molecule has 0 unspecified atom stereocenters. The predicted octanol–water partition coefficient (Wildman–Crippen LogP) is 1.83. The van der Waals surface area contributed by atoms with E-state index in [9.17, 15) is 4.79 Å². The van der Waals surface area contributed by atoms with Crippen LogP contribution >= 0.6 is 11.3 Å². The molecule has 1 heterocycles. The van der Waals surface area contributed by atoms with Gasteiger partial charge in [0.1, 0.15) is 6.10 Å². The lowest BCUT2D eigenvalue weighted by Gasteiger charge is -2.11. The molecule has 0 spiro atoms. The second-order valence-electron chi connectivity index (χ2n) is 3.27. The highest BCUT2D eigenvalue weighted by molar-refractivity contribution is 7.07. The van der Waals surface area contributed by atoms with Gasteiger partial charge < -0.3 is 10.1 Å². The lowest BCUT2D eigenvalue weighted by molar-refractivity contribution is -0.131. The van der Waals surface area contributed by atoms with Crippen LogP contribution in [0.2, 0.25) is 0 Å². The van der Waals surface area contributed by atoms with Crippen LogP contribution in [0.15, 0.2) is 16.8 Å². The number of carbonyl (C=O) groups excluding carboxylic acids is 1. The minimum Gasteiger partial charge on any atom is -0.369 e. The zero-order valence-electron chi connectivity index (χ0n) is 9.16. The molecule has 3 nitrogen and oxygen atoms in total. The second-order valence-corrected chi connectivity index (χ2v) is 4.05. The first-order valence-corrected chi connectivity index (χ1v) is 6.08. The van der Waals surface area contributed by atoms with Gasteiger partial charge in [0.25, 0.3) is 0 Å². The fraction of sp³-hybridized carbons (Fsp3) is 0.545. The summed E-state index contributed by atoms with van der Waals surface area (Å²) in [7, 11) is 0. The third-order valence-electron chi connectivity index (χ3n) is 2.08. The molecule has 1 atom stereocenters. The van der Waals surface area contributed by atoms with E-state index in [2.05, 4.69) is 16.8 Å². The predicted molar refractivity (Wildman–Crippen MR) is 62.1 cm³/mol. The first-order valence-electron chi connectivity index (χ1n) is 5.14. The van der Waals surface area contributed by atoms with E-state index in [0.717, 1.165) is 6.42 Å². The number of carbonyl (C=O) groups is 1. The maximum Gasteiger partial charge on any atom is 0.248 e. The molecule has 0 fully saturated rings. The standard InChI is InChI=1S/C11H17NO2S/c1-3-14-9(2)11(13)12-6-4-10-5-7-15-8-10/h5,7-9H,3-4,6H2,1-2H3,(H,12,13)/t9-/m1/s1. The fourth-order valence-corrected chi connectivity index (χ4v) is 1.94. The minimum absolute atomic E-state index is 0.0351. The van der Waals surface area contributed by atoms with Gasteiger partial charge in [-0.05, 0) is 42.7 Å². The van der Waals surface area contributed by atoms with Crippen molar-refractivity contribution in [2.75, 3.05) is 13.2 Å². The summed E-state index contributed by atoms with van der Waals surface area (Å²) >= 11 is 1.68. The summed E-state index contributed by atoms with van der Waals surface area (Å²) in [6, 6.07) is 2.07. The van der Waals surface area contributed by atoms with E-state index >= 15 is 0 Å². The van der Waals surface area contributed by atoms with Crippen LogP contribution in [0.5, 0.6) is 0 Å². The molecule has 0 aliphatic heterocycles. The van der Waals surface area contributed by atoms with Gasteiger partial charge in [0.05, 0.1) is 0 Å². The van der Waals surface area contributed by atoms with Crippen LogP contribution in [0.25, 0.3) is 0 Å². The van der Waals surface area contributed by atoms with E-state index in [1.165, 1.54) is 5.56 Å². The highest BCUT2D eigenvalue weighted by atomic mass is 32.1.